The Labute approximate surface area is 133 Å². The Morgan fingerprint density at radius 3 is 2.52 bits per heavy atom. The van der Waals surface area contributed by atoms with Crippen LogP contribution in [0.2, 0.25) is 0 Å². The summed E-state index contributed by atoms with van der Waals surface area (Å²) in [5.41, 5.74) is 4.81. The van der Waals surface area contributed by atoms with Gasteiger partial charge in [-0.05, 0) is 50.2 Å². The van der Waals surface area contributed by atoms with E-state index in [1.165, 1.54) is 0 Å². The molecule has 112 valence electrons. The van der Waals surface area contributed by atoms with Crippen molar-refractivity contribution in [3.8, 4) is 6.07 Å². The Hall–Kier alpha value is -3.26. The van der Waals surface area contributed by atoms with Crippen LogP contribution in [0.15, 0.2) is 42.5 Å². The van der Waals surface area contributed by atoms with Crippen LogP contribution in [-0.2, 0) is 0 Å². The number of nitrogens with one attached hydrogen (secondary N) is 1. The van der Waals surface area contributed by atoms with Gasteiger partial charge in [-0.2, -0.15) is 5.26 Å². The fourth-order valence-electron chi connectivity index (χ4n) is 2.24. The molecule has 1 aromatic heterocycles. The Bertz CT molecular complexity index is 957. The monoisotopic (exact) mass is 302 g/mol. The van der Waals surface area contributed by atoms with Crippen molar-refractivity contribution < 1.29 is 4.79 Å². The number of hydrogen-bond donors (Lipinski definition) is 1. The SMILES string of the molecule is Cc1nc2ccc(NC(=O)c3cccc(C#N)c3)cc2nc1C. The normalized spacial score (nSPS) is 10.3. The minimum absolute atomic E-state index is 0.266. The lowest BCUT2D eigenvalue weighted by molar-refractivity contribution is 0.102. The number of anilines is 1. The largest absolute Gasteiger partial charge is 0.322 e. The average molecular weight is 302 g/mol. The van der Waals surface area contributed by atoms with Crippen molar-refractivity contribution in [1.29, 1.82) is 5.26 Å². The van der Waals surface area contributed by atoms with Gasteiger partial charge in [0.05, 0.1) is 34.1 Å². The highest BCUT2D eigenvalue weighted by atomic mass is 16.1. The Balaban J connectivity index is 1.90. The zero-order valence-electron chi connectivity index (χ0n) is 12.8. The minimum Gasteiger partial charge on any atom is -0.322 e. The lowest BCUT2D eigenvalue weighted by Gasteiger charge is -2.07. The van der Waals surface area contributed by atoms with Gasteiger partial charge in [-0.15, -0.1) is 0 Å². The van der Waals surface area contributed by atoms with Crippen LogP contribution in [0, 0.1) is 25.2 Å². The van der Waals surface area contributed by atoms with Crippen LogP contribution in [0.1, 0.15) is 27.3 Å². The maximum absolute atomic E-state index is 12.3. The van der Waals surface area contributed by atoms with E-state index in [1.54, 1.807) is 36.4 Å². The molecule has 1 heterocycles. The number of aromatic nitrogens is 2. The predicted octanol–water partition coefficient (Wildman–Crippen LogP) is 3.37. The van der Waals surface area contributed by atoms with Crippen molar-refractivity contribution in [2.24, 2.45) is 0 Å². The molecule has 23 heavy (non-hydrogen) atoms. The van der Waals surface area contributed by atoms with Crippen LogP contribution in [0.3, 0.4) is 0 Å². The van der Waals surface area contributed by atoms with Crippen molar-refractivity contribution in [3.05, 3.63) is 65.0 Å². The molecule has 0 unspecified atom stereocenters. The van der Waals surface area contributed by atoms with Crippen molar-refractivity contribution in [1.82, 2.24) is 9.97 Å². The first-order valence-corrected chi connectivity index (χ1v) is 7.13. The average Bonchev–Trinajstić information content (AvgIpc) is 2.56. The Morgan fingerprint density at radius 1 is 1.04 bits per heavy atom. The number of rotatable bonds is 2. The molecule has 5 heteroatoms. The van der Waals surface area contributed by atoms with Crippen molar-refractivity contribution >= 4 is 22.6 Å². The van der Waals surface area contributed by atoms with Gasteiger partial charge in [0.1, 0.15) is 0 Å². The van der Waals surface area contributed by atoms with Gasteiger partial charge >= 0.3 is 0 Å². The summed E-state index contributed by atoms with van der Waals surface area (Å²) in [5.74, 6) is -0.266. The van der Waals surface area contributed by atoms with Gasteiger partial charge in [-0.25, -0.2) is 9.97 Å². The minimum atomic E-state index is -0.266. The lowest BCUT2D eigenvalue weighted by atomic mass is 10.1. The number of benzene rings is 2. The second-order valence-electron chi connectivity index (χ2n) is 5.24. The highest BCUT2D eigenvalue weighted by Gasteiger charge is 2.08. The van der Waals surface area contributed by atoms with Crippen molar-refractivity contribution in [2.45, 2.75) is 13.8 Å². The Morgan fingerprint density at radius 2 is 1.78 bits per heavy atom. The number of hydrogen-bond acceptors (Lipinski definition) is 4. The highest BCUT2D eigenvalue weighted by molar-refractivity contribution is 6.05. The van der Waals surface area contributed by atoms with Gasteiger partial charge in [0, 0.05) is 11.3 Å². The third-order valence-corrected chi connectivity index (χ3v) is 3.59. The van der Waals surface area contributed by atoms with Crippen molar-refractivity contribution in [2.75, 3.05) is 5.32 Å². The number of fused-ring (bicyclic) bond motifs is 1. The van der Waals surface area contributed by atoms with Crippen LogP contribution in [-0.4, -0.2) is 15.9 Å². The summed E-state index contributed by atoms with van der Waals surface area (Å²) in [6.07, 6.45) is 0. The van der Waals surface area contributed by atoms with Crippen LogP contribution in [0.25, 0.3) is 11.0 Å². The second kappa shape index (κ2) is 5.85. The molecular weight excluding hydrogens is 288 g/mol. The number of aryl methyl sites for hydroxylation is 2. The van der Waals surface area contributed by atoms with Gasteiger partial charge in [-0.3, -0.25) is 4.79 Å². The molecule has 1 amide bonds. The summed E-state index contributed by atoms with van der Waals surface area (Å²) in [7, 11) is 0. The maximum atomic E-state index is 12.3. The number of nitriles is 1. The number of carbonyl (C=O) groups is 1. The molecule has 5 nitrogen and oxygen atoms in total. The molecule has 0 bridgehead atoms. The first kappa shape index (κ1) is 14.7. The first-order chi connectivity index (χ1) is 11.1. The van der Waals surface area contributed by atoms with Gasteiger partial charge < -0.3 is 5.32 Å². The zero-order chi connectivity index (χ0) is 16.4. The van der Waals surface area contributed by atoms with Crippen molar-refractivity contribution in [3.63, 3.8) is 0 Å². The molecule has 3 rings (SSSR count). The van der Waals surface area contributed by atoms with E-state index in [0.29, 0.717) is 16.8 Å². The molecule has 0 saturated heterocycles. The molecule has 3 aromatic rings. The summed E-state index contributed by atoms with van der Waals surface area (Å²) in [6, 6.07) is 14.0. The number of carbonyl (C=O) groups excluding carboxylic acids is 1. The van der Waals surface area contributed by atoms with Crippen LogP contribution >= 0.6 is 0 Å². The molecule has 0 spiro atoms. The summed E-state index contributed by atoms with van der Waals surface area (Å²) in [5, 5.41) is 11.7. The first-order valence-electron chi connectivity index (χ1n) is 7.13. The summed E-state index contributed by atoms with van der Waals surface area (Å²) >= 11 is 0. The Kier molecular flexibility index (Phi) is 3.73. The van der Waals surface area contributed by atoms with Gasteiger partial charge in [-0.1, -0.05) is 6.07 Å². The highest BCUT2D eigenvalue weighted by Crippen LogP contribution is 2.18. The fraction of sp³-hybridized carbons (Fsp3) is 0.111. The van der Waals surface area contributed by atoms with Gasteiger partial charge in [0.15, 0.2) is 0 Å². The standard InChI is InChI=1S/C18H14N4O/c1-11-12(2)21-17-9-15(6-7-16(17)20-11)22-18(23)14-5-3-4-13(8-14)10-19/h3-9H,1-2H3,(H,22,23). The lowest BCUT2D eigenvalue weighted by Crippen LogP contribution is -2.12. The van der Waals surface area contributed by atoms with E-state index in [-0.39, 0.29) is 5.91 Å². The topological polar surface area (TPSA) is 78.7 Å². The molecule has 0 atom stereocenters. The predicted molar refractivity (Wildman–Crippen MR) is 88.1 cm³/mol. The molecule has 0 aliphatic rings. The molecule has 0 aliphatic carbocycles. The van der Waals surface area contributed by atoms with E-state index in [9.17, 15) is 4.79 Å². The second-order valence-corrected chi connectivity index (χ2v) is 5.24. The molecule has 0 aliphatic heterocycles. The number of nitrogens with zero attached hydrogens (tertiary/aromatic N) is 3. The molecular formula is C18H14N4O. The third kappa shape index (κ3) is 3.01. The molecule has 0 fully saturated rings. The maximum Gasteiger partial charge on any atom is 0.255 e. The van der Waals surface area contributed by atoms with Gasteiger partial charge in [0.25, 0.3) is 5.91 Å². The zero-order valence-corrected chi connectivity index (χ0v) is 12.8. The summed E-state index contributed by atoms with van der Waals surface area (Å²) in [4.78, 5) is 21.2. The molecule has 2 aromatic carbocycles. The molecule has 1 N–H and O–H groups in total. The van der Waals surface area contributed by atoms with Crippen LogP contribution in [0.5, 0.6) is 0 Å². The van der Waals surface area contributed by atoms with E-state index >= 15 is 0 Å². The quantitative estimate of drug-likeness (QED) is 0.787. The smallest absolute Gasteiger partial charge is 0.255 e. The summed E-state index contributed by atoms with van der Waals surface area (Å²) < 4.78 is 0. The van der Waals surface area contributed by atoms with Gasteiger partial charge in [0.2, 0.25) is 0 Å². The van der Waals surface area contributed by atoms with E-state index in [2.05, 4.69) is 15.3 Å². The van der Waals surface area contributed by atoms with Crippen LogP contribution < -0.4 is 5.32 Å². The van der Waals surface area contributed by atoms with E-state index < -0.39 is 0 Å². The van der Waals surface area contributed by atoms with Crippen LogP contribution in [0.4, 0.5) is 5.69 Å². The molecule has 0 saturated carbocycles. The van der Waals surface area contributed by atoms with E-state index in [1.807, 2.05) is 26.0 Å². The van der Waals surface area contributed by atoms with E-state index in [0.717, 1.165) is 22.4 Å². The summed E-state index contributed by atoms with van der Waals surface area (Å²) in [6.45, 7) is 3.82. The third-order valence-electron chi connectivity index (χ3n) is 3.59. The number of amides is 1. The molecule has 0 radical (unpaired) electrons. The fourth-order valence-corrected chi connectivity index (χ4v) is 2.24. The van der Waals surface area contributed by atoms with E-state index in [4.69, 9.17) is 5.26 Å².